The van der Waals surface area contributed by atoms with Crippen LogP contribution in [0.5, 0.6) is 23.0 Å². The molecule has 0 amide bonds. The monoisotopic (exact) mass is 1260 g/mol. The van der Waals surface area contributed by atoms with E-state index in [4.69, 9.17) is 10.8 Å². The number of hydrogen-bond acceptors (Lipinski definition) is 4. The maximum atomic E-state index is 12.2. The highest BCUT2D eigenvalue weighted by Gasteiger charge is 2.54. The van der Waals surface area contributed by atoms with Crippen molar-refractivity contribution < 1.29 is 31.4 Å². The summed E-state index contributed by atoms with van der Waals surface area (Å²) in [6.45, 7) is 15.1. The van der Waals surface area contributed by atoms with Crippen LogP contribution in [0.3, 0.4) is 0 Å². The molecule has 0 unspecified atom stereocenters. The highest BCUT2D eigenvalue weighted by molar-refractivity contribution is 7.04. The number of hydrogen-bond donors (Lipinski definition) is 0. The highest BCUT2D eigenvalue weighted by Crippen LogP contribution is 2.56. The lowest BCUT2D eigenvalue weighted by Gasteiger charge is -2.48. The molecule has 0 saturated carbocycles. The fourth-order valence-electron chi connectivity index (χ4n) is 15.6. The van der Waals surface area contributed by atoms with Gasteiger partial charge in [-0.15, -0.1) is 0 Å². The molecule has 5 aliphatic heterocycles. The van der Waals surface area contributed by atoms with Gasteiger partial charge in [-0.25, -0.2) is 0 Å². The van der Waals surface area contributed by atoms with Crippen LogP contribution in [0.25, 0.3) is 83.1 Å². The van der Waals surface area contributed by atoms with Crippen LogP contribution in [-0.4, -0.2) is 18.0 Å². The predicted octanol–water partition coefficient (Wildman–Crippen LogP) is 20.1. The second-order valence-electron chi connectivity index (χ2n) is 29.0. The molecule has 5 nitrogen and oxygen atoms in total. The summed E-state index contributed by atoms with van der Waals surface area (Å²) in [6, 6.07) is 48.1. The summed E-state index contributed by atoms with van der Waals surface area (Å²) in [4.78, 5) is 4.06. The topological polar surface area (TPSA) is 29.9 Å². The maximum Gasteiger partial charge on any atom is 0.266 e. The molecule has 0 saturated heterocycles. The first-order chi connectivity index (χ1) is 53.8. The van der Waals surface area contributed by atoms with Crippen LogP contribution >= 0.6 is 0 Å². The Bertz CT molecular complexity index is 6510. The van der Waals surface area contributed by atoms with E-state index in [1.54, 1.807) is 4.57 Å². The van der Waals surface area contributed by atoms with Crippen molar-refractivity contribution in [3.05, 3.63) is 283 Å². The third-order valence-corrected chi connectivity index (χ3v) is 20.0. The van der Waals surface area contributed by atoms with Crippen molar-refractivity contribution in [1.29, 1.82) is 0 Å². The molecule has 0 bridgehead atoms. The summed E-state index contributed by atoms with van der Waals surface area (Å²) in [5.41, 5.74) is 7.84. The average molecular weight is 1260 g/mol. The predicted molar refractivity (Wildman–Crippen MR) is 409 cm³/mol. The molecule has 0 fully saturated rings. The zero-order chi connectivity index (χ0) is 79.5. The smallest absolute Gasteiger partial charge is 0.266 e. The van der Waals surface area contributed by atoms with E-state index in [1.165, 1.54) is 0 Å². The van der Waals surface area contributed by atoms with Gasteiger partial charge in [-0.2, -0.15) is 0 Å². The number of fused-ring (bicyclic) bond motifs is 9. The molecule has 0 atom stereocenters. The van der Waals surface area contributed by atoms with Crippen LogP contribution in [0.2, 0.25) is 0 Å². The third-order valence-electron chi connectivity index (χ3n) is 20.0. The highest BCUT2D eigenvalue weighted by atomic mass is 16.5. The van der Waals surface area contributed by atoms with Gasteiger partial charge in [0.05, 0.1) is 44.3 Å². The molecule has 0 N–H and O–H groups in total. The SMILES string of the molecule is [2H]c1c([2H])c([2H])c(-c2c([2H])c([2H])c3c(c2[2H])B2c4c(cc(C(C)(C)C)cc4N(c4c(-c5ccccc5)cccc4-c4ccccc4)c4c([2H])c5c6c(c42)Oc2c([2H])c([2H])c([2H])c4c2B6c2c(c(C(C)(C)C)c([2H])c6c7c([2H])c(C(C)(C)C)c([2H])c([2H])c7n-5c26)O4)N3c2c(-c3ccccc3)cccc2-c2ccccc2)c([2H])c1[2H]. The first-order valence-electron chi connectivity index (χ1n) is 41.1. The fraction of sp³-hybridized carbons (Fsp3) is 0.133. The Morgan fingerprint density at radius 3 is 1.39 bits per heavy atom. The zero-order valence-corrected chi connectivity index (χ0v) is 55.0. The minimum Gasteiger partial charge on any atom is -0.459 e. The Morgan fingerprint density at radius 2 is 0.866 bits per heavy atom. The number of rotatable bonds is 7. The zero-order valence-electron chi connectivity index (χ0n) is 71.0. The molecule has 6 heterocycles. The molecular formula is C90H71B2N3O2. The van der Waals surface area contributed by atoms with Crippen LogP contribution < -0.4 is 52.1 Å². The van der Waals surface area contributed by atoms with Gasteiger partial charge in [-0.3, -0.25) is 0 Å². The molecule has 7 heteroatoms. The molecular weight excluding hydrogens is 1180 g/mol. The van der Waals surface area contributed by atoms with E-state index in [1.807, 2.05) is 204 Å². The summed E-state index contributed by atoms with van der Waals surface area (Å²) >= 11 is 0. The van der Waals surface area contributed by atoms with Crippen molar-refractivity contribution in [2.75, 3.05) is 9.80 Å². The van der Waals surface area contributed by atoms with Crippen molar-refractivity contribution >= 4 is 102 Å². The molecule has 19 rings (SSSR count). The van der Waals surface area contributed by atoms with Crippen LogP contribution in [0, 0.1) is 0 Å². The molecule has 5 aliphatic rings. The van der Waals surface area contributed by atoms with Crippen molar-refractivity contribution in [3.63, 3.8) is 0 Å². The van der Waals surface area contributed by atoms with E-state index in [0.717, 1.165) is 27.8 Å². The molecule has 0 aliphatic carbocycles. The van der Waals surface area contributed by atoms with Crippen molar-refractivity contribution in [2.45, 2.75) is 78.6 Å². The van der Waals surface area contributed by atoms with Gasteiger partial charge in [0.2, 0.25) is 0 Å². The normalized spacial score (nSPS) is 16.0. The minimum absolute atomic E-state index is 0.000117. The van der Waals surface area contributed by atoms with E-state index in [0.29, 0.717) is 67.0 Å². The Morgan fingerprint density at radius 1 is 0.351 bits per heavy atom. The van der Waals surface area contributed by atoms with Gasteiger partial charge in [0.25, 0.3) is 13.4 Å². The number of para-hydroxylation sites is 2. The molecule has 14 aromatic rings. The number of aromatic nitrogens is 1. The molecule has 464 valence electrons. The maximum absolute atomic E-state index is 12.2. The number of nitrogens with zero attached hydrogens (tertiary/aromatic N) is 3. The minimum atomic E-state index is -1.46. The molecule has 97 heavy (non-hydrogen) atoms. The fourth-order valence-corrected chi connectivity index (χ4v) is 15.6. The van der Waals surface area contributed by atoms with Gasteiger partial charge in [-0.1, -0.05) is 274 Å². The van der Waals surface area contributed by atoms with Crippen molar-refractivity contribution in [1.82, 2.24) is 4.57 Å². The largest absolute Gasteiger partial charge is 0.459 e. The first-order valence-corrected chi connectivity index (χ1v) is 33.1. The Balaban J connectivity index is 1.11. The summed E-state index contributed by atoms with van der Waals surface area (Å²) in [5.74, 6) is -0.125. The Labute approximate surface area is 591 Å². The van der Waals surface area contributed by atoms with Gasteiger partial charge in [0.1, 0.15) is 23.0 Å². The van der Waals surface area contributed by atoms with Crippen LogP contribution in [0.1, 0.15) is 101 Å². The summed E-state index contributed by atoms with van der Waals surface area (Å²) in [7, 11) is 0. The Hall–Kier alpha value is -11.0. The summed E-state index contributed by atoms with van der Waals surface area (Å²) < 4.78 is 181. The van der Waals surface area contributed by atoms with Gasteiger partial charge in [-0.05, 0) is 142 Å². The van der Waals surface area contributed by atoms with Crippen LogP contribution in [0.15, 0.2) is 267 Å². The van der Waals surface area contributed by atoms with Crippen LogP contribution in [-0.2, 0) is 16.2 Å². The number of anilines is 6. The van der Waals surface area contributed by atoms with Crippen molar-refractivity contribution in [3.8, 4) is 84.3 Å². The third kappa shape index (κ3) is 8.46. The lowest BCUT2D eigenvalue weighted by atomic mass is 9.29. The van der Waals surface area contributed by atoms with E-state index >= 15 is 0 Å². The number of benzene rings is 13. The second kappa shape index (κ2) is 20.7. The van der Waals surface area contributed by atoms with E-state index in [9.17, 15) is 20.6 Å². The van der Waals surface area contributed by atoms with Crippen LogP contribution in [0.4, 0.5) is 34.1 Å². The molecule has 13 aromatic carbocycles. The van der Waals surface area contributed by atoms with Gasteiger partial charge in [0.15, 0.2) is 0 Å². The van der Waals surface area contributed by atoms with Gasteiger partial charge < -0.3 is 23.8 Å². The molecule has 1 aromatic heterocycles. The van der Waals surface area contributed by atoms with Gasteiger partial charge >= 0.3 is 0 Å². The Kier molecular flexibility index (Phi) is 9.23. The summed E-state index contributed by atoms with van der Waals surface area (Å²) in [5, 5.41) is 0.446. The lowest BCUT2D eigenvalue weighted by molar-refractivity contribution is 0.450. The van der Waals surface area contributed by atoms with Crippen molar-refractivity contribution in [2.24, 2.45) is 0 Å². The summed E-state index contributed by atoms with van der Waals surface area (Å²) in [6.07, 6.45) is 0. The lowest BCUT2D eigenvalue weighted by Crippen LogP contribution is -2.66. The van der Waals surface area contributed by atoms with E-state index in [2.05, 4.69) is 37.8 Å². The first kappa shape index (κ1) is 43.1. The number of ether oxygens (including phenoxy) is 2. The second-order valence-corrected chi connectivity index (χ2v) is 29.0. The average Bonchev–Trinajstić information content (AvgIpc) is 1.59. The van der Waals surface area contributed by atoms with E-state index < -0.39 is 107 Å². The standard InChI is InChI=1S/C90H71B2N3O2/c1-88(2,3)60-45-47-70-66(49-60)67-52-68(90(7,8)9)86-82-85(67)93(70)75-53-74-79(87-80(75)92(82)81-76(96-86)42-27-43-77(81)97-87)91-69-48-59(54-28-15-10-16-29-54)44-46-71(69)94(83-62(55-30-17-11-18-31-55)38-25-39-63(83)56-32-19-12-20-33-56)72-50-61(89(4,5)6)51-73(78(72)91)95(74)84-64(57-34-21-13-22-35-57)40-26-41-65(84)58-36-23-14-24-37-58/h10-53H,1-9H3/i10D,15D,16D,27D,28D,29D,42D,43D,44D,45D,46D,47D,48D,49D,52D,53D. The van der Waals surface area contributed by atoms with E-state index in [-0.39, 0.29) is 114 Å². The molecule has 0 spiro atoms. The van der Waals surface area contributed by atoms with Gasteiger partial charge in [0, 0.05) is 72.5 Å². The quantitative estimate of drug-likeness (QED) is 0.149. The molecule has 0 radical (unpaired) electrons.